The SMILES string of the molecule is CC[Si](CC)(CC)OC1C=CC(=O)[C@@H]2[C@H]3C(=O)C(C)=CC[C@@H]3C(C)=C[C@@H]12. The first-order valence-electron chi connectivity index (χ1n) is 10.2. The lowest BCUT2D eigenvalue weighted by atomic mass is 9.58. The van der Waals surface area contributed by atoms with Gasteiger partial charge in [-0.1, -0.05) is 44.6 Å². The number of Topliss-reactive ketones (excluding diaryl/α,β-unsaturated/α-hetero) is 1. The molecular weight excluding hydrogens is 340 g/mol. The molecule has 0 aromatic heterocycles. The zero-order chi connectivity index (χ0) is 19.1. The zero-order valence-electron chi connectivity index (χ0n) is 16.7. The molecule has 0 saturated carbocycles. The minimum absolute atomic E-state index is 0.000116. The Balaban J connectivity index is 1.99. The second-order valence-electron chi connectivity index (χ2n) is 8.22. The summed E-state index contributed by atoms with van der Waals surface area (Å²) in [6.07, 6.45) is 8.75. The van der Waals surface area contributed by atoms with Crippen LogP contribution in [-0.4, -0.2) is 26.0 Å². The van der Waals surface area contributed by atoms with Crippen molar-refractivity contribution in [2.24, 2.45) is 23.7 Å². The molecule has 0 spiro atoms. The van der Waals surface area contributed by atoms with Gasteiger partial charge < -0.3 is 4.43 Å². The van der Waals surface area contributed by atoms with Crippen molar-refractivity contribution in [1.29, 1.82) is 0 Å². The van der Waals surface area contributed by atoms with E-state index in [1.807, 2.05) is 19.1 Å². The number of allylic oxidation sites excluding steroid dienone is 4. The van der Waals surface area contributed by atoms with Gasteiger partial charge in [-0.2, -0.15) is 0 Å². The summed E-state index contributed by atoms with van der Waals surface area (Å²) in [4.78, 5) is 25.8. The van der Waals surface area contributed by atoms with Crippen LogP contribution in [0, 0.1) is 23.7 Å². The topological polar surface area (TPSA) is 43.4 Å². The van der Waals surface area contributed by atoms with Crippen molar-refractivity contribution in [2.75, 3.05) is 0 Å². The lowest BCUT2D eigenvalue weighted by Gasteiger charge is -2.47. The molecule has 0 aliphatic heterocycles. The van der Waals surface area contributed by atoms with E-state index in [2.05, 4.69) is 33.8 Å². The van der Waals surface area contributed by atoms with Crippen LogP contribution in [0.4, 0.5) is 0 Å². The molecule has 1 unspecified atom stereocenters. The standard InChI is InChI=1S/C22H32O3Si/c1-6-26(7-2,8-3)25-19-12-11-18(23)20-17(19)13-15(5)16-10-9-14(4)22(24)21(16)20/h9,11-13,16-17,19-21H,6-8,10H2,1-5H3/t16-,17+,19?,20-,21+/m1/s1. The highest BCUT2D eigenvalue weighted by atomic mass is 28.4. The second-order valence-corrected chi connectivity index (χ2v) is 12.9. The van der Waals surface area contributed by atoms with E-state index >= 15 is 0 Å². The minimum Gasteiger partial charge on any atom is -0.410 e. The maximum atomic E-state index is 13.0. The van der Waals surface area contributed by atoms with Gasteiger partial charge in [-0.3, -0.25) is 9.59 Å². The molecule has 3 rings (SSSR count). The summed E-state index contributed by atoms with van der Waals surface area (Å²) in [7, 11) is -1.79. The number of ketones is 2. The highest BCUT2D eigenvalue weighted by Crippen LogP contribution is 2.48. The molecule has 4 heteroatoms. The molecule has 0 aromatic rings. The van der Waals surface area contributed by atoms with E-state index in [1.165, 1.54) is 5.57 Å². The fourth-order valence-corrected chi connectivity index (χ4v) is 7.96. The number of hydrogen-bond acceptors (Lipinski definition) is 3. The van der Waals surface area contributed by atoms with Crippen LogP contribution in [-0.2, 0) is 14.0 Å². The van der Waals surface area contributed by atoms with Crippen LogP contribution in [0.3, 0.4) is 0 Å². The van der Waals surface area contributed by atoms with Crippen LogP contribution in [0.25, 0.3) is 0 Å². The van der Waals surface area contributed by atoms with Crippen molar-refractivity contribution in [3.05, 3.63) is 35.5 Å². The highest BCUT2D eigenvalue weighted by Gasteiger charge is 2.51. The van der Waals surface area contributed by atoms with Crippen LogP contribution in [0.15, 0.2) is 35.5 Å². The van der Waals surface area contributed by atoms with Crippen LogP contribution in [0.2, 0.25) is 18.1 Å². The summed E-state index contributed by atoms with van der Waals surface area (Å²) in [5, 5.41) is 0. The van der Waals surface area contributed by atoms with Gasteiger partial charge in [0.1, 0.15) is 0 Å². The van der Waals surface area contributed by atoms with Crippen molar-refractivity contribution >= 4 is 19.9 Å². The van der Waals surface area contributed by atoms with Gasteiger partial charge in [0.15, 0.2) is 19.9 Å². The zero-order valence-corrected chi connectivity index (χ0v) is 17.7. The van der Waals surface area contributed by atoms with Crippen molar-refractivity contribution < 1.29 is 14.0 Å². The number of carbonyl (C=O) groups is 2. The lowest BCUT2D eigenvalue weighted by Crippen LogP contribution is -2.51. The molecule has 0 fully saturated rings. The Bertz CT molecular complexity index is 675. The minimum atomic E-state index is -1.79. The number of carbonyl (C=O) groups excluding carboxylic acids is 2. The molecule has 0 heterocycles. The molecular formula is C22H32O3Si. The fraction of sp³-hybridized carbons (Fsp3) is 0.636. The van der Waals surface area contributed by atoms with Gasteiger partial charge in [0.2, 0.25) is 0 Å². The van der Waals surface area contributed by atoms with E-state index in [-0.39, 0.29) is 41.3 Å². The Morgan fingerprint density at radius 3 is 2.35 bits per heavy atom. The predicted molar refractivity (Wildman–Crippen MR) is 107 cm³/mol. The number of hydrogen-bond donors (Lipinski definition) is 0. The first-order chi connectivity index (χ1) is 12.4. The molecule has 0 aromatic carbocycles. The summed E-state index contributed by atoms with van der Waals surface area (Å²) in [6, 6.07) is 3.27. The average Bonchev–Trinajstić information content (AvgIpc) is 2.64. The van der Waals surface area contributed by atoms with Crippen molar-refractivity contribution in [3.63, 3.8) is 0 Å². The van der Waals surface area contributed by atoms with Gasteiger partial charge in [0, 0.05) is 17.8 Å². The quantitative estimate of drug-likeness (QED) is 0.511. The summed E-state index contributed by atoms with van der Waals surface area (Å²) in [5.41, 5.74) is 2.07. The van der Waals surface area contributed by atoms with Crippen molar-refractivity contribution in [2.45, 2.75) is 65.3 Å². The first kappa shape index (κ1) is 19.5. The maximum absolute atomic E-state index is 13.0. The van der Waals surface area contributed by atoms with Gasteiger partial charge >= 0.3 is 0 Å². The molecule has 3 aliphatic carbocycles. The Morgan fingerprint density at radius 1 is 1.08 bits per heavy atom. The maximum Gasteiger partial charge on any atom is 0.192 e. The summed E-state index contributed by atoms with van der Waals surface area (Å²) < 4.78 is 6.76. The van der Waals surface area contributed by atoms with E-state index < -0.39 is 8.32 Å². The van der Waals surface area contributed by atoms with Crippen LogP contribution in [0.1, 0.15) is 41.0 Å². The largest absolute Gasteiger partial charge is 0.410 e. The fourth-order valence-electron chi connectivity index (χ4n) is 5.15. The van der Waals surface area contributed by atoms with E-state index in [1.54, 1.807) is 6.08 Å². The van der Waals surface area contributed by atoms with Gasteiger partial charge in [0.25, 0.3) is 0 Å². The normalized spacial score (nSPS) is 34.1. The molecule has 0 N–H and O–H groups in total. The summed E-state index contributed by atoms with van der Waals surface area (Å²) in [6.45, 7) is 10.7. The highest BCUT2D eigenvalue weighted by molar-refractivity contribution is 6.73. The van der Waals surface area contributed by atoms with Gasteiger partial charge in [-0.15, -0.1) is 0 Å². The first-order valence-corrected chi connectivity index (χ1v) is 12.7. The Kier molecular flexibility index (Phi) is 5.55. The third-order valence-electron chi connectivity index (χ3n) is 7.12. The van der Waals surface area contributed by atoms with Gasteiger partial charge in [-0.05, 0) is 56.0 Å². The predicted octanol–water partition coefficient (Wildman–Crippen LogP) is 4.86. The van der Waals surface area contributed by atoms with Crippen LogP contribution < -0.4 is 0 Å². The summed E-state index contributed by atoms with van der Waals surface area (Å²) in [5.74, 6) is -0.0229. The van der Waals surface area contributed by atoms with Crippen molar-refractivity contribution in [3.8, 4) is 0 Å². The van der Waals surface area contributed by atoms with Crippen molar-refractivity contribution in [1.82, 2.24) is 0 Å². The molecule has 0 amide bonds. The van der Waals surface area contributed by atoms with E-state index in [9.17, 15) is 9.59 Å². The van der Waals surface area contributed by atoms with Gasteiger partial charge in [-0.25, -0.2) is 0 Å². The number of fused-ring (bicyclic) bond motifs is 3. The van der Waals surface area contributed by atoms with Crippen LogP contribution in [0.5, 0.6) is 0 Å². The van der Waals surface area contributed by atoms with E-state index in [0.29, 0.717) is 0 Å². The number of rotatable bonds is 5. The molecule has 142 valence electrons. The van der Waals surface area contributed by atoms with Gasteiger partial charge in [0.05, 0.1) is 6.10 Å². The molecule has 26 heavy (non-hydrogen) atoms. The lowest BCUT2D eigenvalue weighted by molar-refractivity contribution is -0.133. The van der Waals surface area contributed by atoms with E-state index in [0.717, 1.165) is 30.1 Å². The second kappa shape index (κ2) is 7.39. The molecule has 0 saturated heterocycles. The van der Waals surface area contributed by atoms with E-state index in [4.69, 9.17) is 4.43 Å². The Labute approximate surface area is 158 Å². The summed E-state index contributed by atoms with van der Waals surface area (Å²) >= 11 is 0. The molecule has 5 atom stereocenters. The average molecular weight is 373 g/mol. The van der Waals surface area contributed by atoms with Crippen LogP contribution >= 0.6 is 0 Å². The molecule has 0 bridgehead atoms. The monoisotopic (exact) mass is 372 g/mol. The molecule has 3 aliphatic rings. The third kappa shape index (κ3) is 3.11. The third-order valence-corrected chi connectivity index (χ3v) is 11.8. The smallest absolute Gasteiger partial charge is 0.192 e. The molecule has 3 nitrogen and oxygen atoms in total. The Morgan fingerprint density at radius 2 is 1.73 bits per heavy atom. The Hall–Kier alpha value is -1.26. The molecule has 0 radical (unpaired) electrons.